The molecule has 0 aliphatic rings. The Morgan fingerprint density at radius 3 is 2.47 bits per heavy atom. The van der Waals surface area contributed by atoms with Gasteiger partial charge in [0.2, 0.25) is 0 Å². The molecule has 0 unspecified atom stereocenters. The maximum absolute atomic E-state index is 12.3. The first-order chi connectivity index (χ1) is 8.22. The van der Waals surface area contributed by atoms with Crippen LogP contribution in [0.4, 0.5) is 5.69 Å². The van der Waals surface area contributed by atoms with E-state index in [1.807, 2.05) is 55.6 Å². The van der Waals surface area contributed by atoms with E-state index >= 15 is 0 Å². The van der Waals surface area contributed by atoms with Crippen molar-refractivity contribution in [2.75, 3.05) is 11.4 Å². The molecule has 2 nitrogen and oxygen atoms in total. The third-order valence-electron chi connectivity index (χ3n) is 2.64. The fourth-order valence-electron chi connectivity index (χ4n) is 1.70. The lowest BCUT2D eigenvalue weighted by atomic mass is 10.2. The van der Waals surface area contributed by atoms with Crippen molar-refractivity contribution in [2.24, 2.45) is 0 Å². The van der Waals surface area contributed by atoms with Crippen LogP contribution in [0.2, 0.25) is 0 Å². The summed E-state index contributed by atoms with van der Waals surface area (Å²) >= 11 is 1.48. The van der Waals surface area contributed by atoms with Gasteiger partial charge in [0, 0.05) is 12.2 Å². The number of anilines is 1. The summed E-state index contributed by atoms with van der Waals surface area (Å²) in [7, 11) is 0. The van der Waals surface area contributed by atoms with Gasteiger partial charge in [-0.15, -0.1) is 11.3 Å². The minimum atomic E-state index is 0.0753. The average molecular weight is 245 g/mol. The van der Waals surface area contributed by atoms with Crippen LogP contribution in [-0.4, -0.2) is 12.5 Å². The highest BCUT2D eigenvalue weighted by atomic mass is 32.1. The number of nitrogens with zero attached hydrogens (tertiary/aromatic N) is 1. The fourth-order valence-corrected chi connectivity index (χ4v) is 2.37. The van der Waals surface area contributed by atoms with Crippen LogP contribution in [0, 0.1) is 6.92 Å². The molecule has 0 spiro atoms. The van der Waals surface area contributed by atoms with Crippen molar-refractivity contribution in [2.45, 2.75) is 13.8 Å². The Hall–Kier alpha value is -1.61. The lowest BCUT2D eigenvalue weighted by Gasteiger charge is -2.20. The van der Waals surface area contributed by atoms with Gasteiger partial charge in [0.05, 0.1) is 4.88 Å². The first-order valence-electron chi connectivity index (χ1n) is 5.64. The third kappa shape index (κ3) is 2.56. The van der Waals surface area contributed by atoms with Crippen molar-refractivity contribution >= 4 is 22.9 Å². The van der Waals surface area contributed by atoms with Crippen molar-refractivity contribution in [1.29, 1.82) is 0 Å². The van der Waals surface area contributed by atoms with Crippen molar-refractivity contribution in [1.82, 2.24) is 0 Å². The van der Waals surface area contributed by atoms with E-state index in [2.05, 4.69) is 0 Å². The van der Waals surface area contributed by atoms with E-state index in [9.17, 15) is 4.79 Å². The lowest BCUT2D eigenvalue weighted by Crippen LogP contribution is -2.29. The van der Waals surface area contributed by atoms with Gasteiger partial charge < -0.3 is 4.90 Å². The van der Waals surface area contributed by atoms with Gasteiger partial charge >= 0.3 is 0 Å². The SMILES string of the molecule is CCN(C(=O)c1cccs1)c1ccc(C)cc1. The topological polar surface area (TPSA) is 20.3 Å². The molecule has 88 valence electrons. The lowest BCUT2D eigenvalue weighted by molar-refractivity contribution is 0.0992. The predicted octanol–water partition coefficient (Wildman–Crippen LogP) is 3.72. The minimum Gasteiger partial charge on any atom is -0.308 e. The molecule has 0 saturated carbocycles. The molecule has 0 N–H and O–H groups in total. The first-order valence-corrected chi connectivity index (χ1v) is 6.52. The van der Waals surface area contributed by atoms with Gasteiger partial charge in [0.25, 0.3) is 5.91 Å². The van der Waals surface area contributed by atoms with Gasteiger partial charge in [-0.25, -0.2) is 0 Å². The molecule has 2 rings (SSSR count). The Bertz CT molecular complexity index is 487. The van der Waals surface area contributed by atoms with Crippen LogP contribution in [0.1, 0.15) is 22.2 Å². The van der Waals surface area contributed by atoms with Crippen LogP contribution in [0.3, 0.4) is 0 Å². The summed E-state index contributed by atoms with van der Waals surface area (Å²) in [5.41, 5.74) is 2.16. The first kappa shape index (κ1) is 11.9. The third-order valence-corrected chi connectivity index (χ3v) is 3.50. The van der Waals surface area contributed by atoms with Crippen LogP contribution in [0.5, 0.6) is 0 Å². The molecule has 0 fully saturated rings. The molecule has 1 aromatic heterocycles. The van der Waals surface area contributed by atoms with E-state index in [0.29, 0.717) is 6.54 Å². The van der Waals surface area contributed by atoms with Gasteiger partial charge in [0.15, 0.2) is 0 Å². The number of aryl methyl sites for hydroxylation is 1. The summed E-state index contributed by atoms with van der Waals surface area (Å²) in [6.07, 6.45) is 0. The van der Waals surface area contributed by atoms with E-state index in [-0.39, 0.29) is 5.91 Å². The monoisotopic (exact) mass is 245 g/mol. The number of thiophene rings is 1. The summed E-state index contributed by atoms with van der Waals surface area (Å²) in [5.74, 6) is 0.0753. The van der Waals surface area contributed by atoms with E-state index in [0.717, 1.165) is 10.6 Å². The van der Waals surface area contributed by atoms with Gasteiger partial charge in [-0.2, -0.15) is 0 Å². The molecule has 0 radical (unpaired) electrons. The van der Waals surface area contributed by atoms with Gasteiger partial charge in [-0.05, 0) is 37.4 Å². The zero-order valence-corrected chi connectivity index (χ0v) is 10.8. The van der Waals surface area contributed by atoms with Crippen LogP contribution in [0.15, 0.2) is 41.8 Å². The molecular weight excluding hydrogens is 230 g/mol. The maximum Gasteiger partial charge on any atom is 0.268 e. The Balaban J connectivity index is 2.28. The highest BCUT2D eigenvalue weighted by Crippen LogP contribution is 2.19. The van der Waals surface area contributed by atoms with Crippen LogP contribution in [0.25, 0.3) is 0 Å². The minimum absolute atomic E-state index is 0.0753. The number of hydrogen-bond donors (Lipinski definition) is 0. The molecule has 2 aromatic rings. The Labute approximate surface area is 106 Å². The van der Waals surface area contributed by atoms with E-state index < -0.39 is 0 Å². The molecule has 0 atom stereocenters. The number of carbonyl (C=O) groups excluding carboxylic acids is 1. The van der Waals surface area contributed by atoms with Crippen molar-refractivity contribution in [3.05, 3.63) is 52.2 Å². The highest BCUT2D eigenvalue weighted by Gasteiger charge is 2.16. The molecule has 0 bridgehead atoms. The summed E-state index contributed by atoms with van der Waals surface area (Å²) in [4.78, 5) is 14.8. The van der Waals surface area contributed by atoms with Crippen molar-refractivity contribution in [3.8, 4) is 0 Å². The second-order valence-corrected chi connectivity index (χ2v) is 4.81. The van der Waals surface area contributed by atoms with Gasteiger partial charge in [0.1, 0.15) is 0 Å². The zero-order valence-electron chi connectivity index (χ0n) is 10.0. The van der Waals surface area contributed by atoms with Crippen LogP contribution >= 0.6 is 11.3 Å². The second kappa shape index (κ2) is 5.15. The quantitative estimate of drug-likeness (QED) is 0.807. The molecule has 0 saturated heterocycles. The Morgan fingerprint density at radius 2 is 1.94 bits per heavy atom. The molecule has 0 aliphatic carbocycles. The molecule has 1 aromatic carbocycles. The smallest absolute Gasteiger partial charge is 0.268 e. The van der Waals surface area contributed by atoms with Crippen molar-refractivity contribution < 1.29 is 4.79 Å². The summed E-state index contributed by atoms with van der Waals surface area (Å²) in [6, 6.07) is 11.8. The summed E-state index contributed by atoms with van der Waals surface area (Å²) in [6.45, 7) is 4.71. The Morgan fingerprint density at radius 1 is 1.24 bits per heavy atom. The zero-order chi connectivity index (χ0) is 12.3. The summed E-state index contributed by atoms with van der Waals surface area (Å²) < 4.78 is 0. The number of carbonyl (C=O) groups is 1. The van der Waals surface area contributed by atoms with Crippen LogP contribution < -0.4 is 4.90 Å². The van der Waals surface area contributed by atoms with Gasteiger partial charge in [-0.1, -0.05) is 23.8 Å². The highest BCUT2D eigenvalue weighted by molar-refractivity contribution is 7.12. The molecule has 17 heavy (non-hydrogen) atoms. The number of benzene rings is 1. The number of rotatable bonds is 3. The van der Waals surface area contributed by atoms with Crippen LogP contribution in [-0.2, 0) is 0 Å². The number of amides is 1. The van der Waals surface area contributed by atoms with E-state index in [1.165, 1.54) is 16.9 Å². The standard InChI is InChI=1S/C14H15NOS/c1-3-15(12-8-6-11(2)7-9-12)14(16)13-5-4-10-17-13/h4-10H,3H2,1-2H3. The molecule has 1 heterocycles. The maximum atomic E-state index is 12.3. The number of hydrogen-bond acceptors (Lipinski definition) is 2. The molecular formula is C14H15NOS. The largest absolute Gasteiger partial charge is 0.308 e. The normalized spacial score (nSPS) is 10.2. The van der Waals surface area contributed by atoms with Gasteiger partial charge in [-0.3, -0.25) is 4.79 Å². The van der Waals surface area contributed by atoms with Crippen molar-refractivity contribution in [3.63, 3.8) is 0 Å². The summed E-state index contributed by atoms with van der Waals surface area (Å²) in [5, 5.41) is 1.93. The second-order valence-electron chi connectivity index (χ2n) is 3.86. The molecule has 1 amide bonds. The Kier molecular flexibility index (Phi) is 3.59. The molecule has 3 heteroatoms. The predicted molar refractivity (Wildman–Crippen MR) is 72.8 cm³/mol. The molecule has 0 aliphatic heterocycles. The fraction of sp³-hybridized carbons (Fsp3) is 0.214. The van der Waals surface area contributed by atoms with E-state index in [4.69, 9.17) is 0 Å². The van der Waals surface area contributed by atoms with E-state index in [1.54, 1.807) is 4.90 Å². The average Bonchev–Trinajstić information content (AvgIpc) is 2.86.